The third-order valence-electron chi connectivity index (χ3n) is 2.87. The van der Waals surface area contributed by atoms with Crippen molar-refractivity contribution in [3.8, 4) is 11.3 Å². The summed E-state index contributed by atoms with van der Waals surface area (Å²) >= 11 is 7.06. The first-order chi connectivity index (χ1) is 11.0. The van der Waals surface area contributed by atoms with Gasteiger partial charge in [0, 0.05) is 22.0 Å². The highest BCUT2D eigenvalue weighted by atomic mass is 35.5. The molecular formula is C14H9ClN4O3S. The van der Waals surface area contributed by atoms with E-state index in [1.54, 1.807) is 17.5 Å². The van der Waals surface area contributed by atoms with Crippen LogP contribution in [0.15, 0.2) is 45.3 Å². The number of carbonyl (C=O) groups excluding carboxylic acids is 1. The number of benzene rings is 1. The van der Waals surface area contributed by atoms with E-state index in [1.165, 1.54) is 11.3 Å². The van der Waals surface area contributed by atoms with Crippen molar-refractivity contribution in [1.82, 2.24) is 15.0 Å². The van der Waals surface area contributed by atoms with Crippen molar-refractivity contribution in [2.24, 2.45) is 0 Å². The van der Waals surface area contributed by atoms with Crippen molar-refractivity contribution in [2.45, 2.75) is 0 Å². The number of halogens is 1. The zero-order valence-corrected chi connectivity index (χ0v) is 13.0. The maximum atomic E-state index is 12.0. The lowest BCUT2D eigenvalue weighted by atomic mass is 10.2. The Morgan fingerprint density at radius 2 is 1.91 bits per heavy atom. The van der Waals surface area contributed by atoms with Gasteiger partial charge in [0.25, 0.3) is 11.5 Å². The second kappa shape index (κ2) is 6.19. The van der Waals surface area contributed by atoms with E-state index in [1.807, 2.05) is 17.1 Å². The largest absolute Gasteiger partial charge is 0.326 e. The number of hydrogen-bond donors (Lipinski definition) is 3. The molecule has 0 bridgehead atoms. The number of aromatic nitrogens is 3. The van der Waals surface area contributed by atoms with Gasteiger partial charge in [0.2, 0.25) is 0 Å². The van der Waals surface area contributed by atoms with Crippen LogP contribution in [-0.2, 0) is 0 Å². The van der Waals surface area contributed by atoms with Crippen molar-refractivity contribution >= 4 is 34.0 Å². The molecular weight excluding hydrogens is 340 g/mol. The van der Waals surface area contributed by atoms with Crippen LogP contribution in [0.3, 0.4) is 0 Å². The minimum atomic E-state index is -0.747. The van der Waals surface area contributed by atoms with Gasteiger partial charge in [-0.25, -0.2) is 9.78 Å². The lowest BCUT2D eigenvalue weighted by Crippen LogP contribution is -2.27. The fourth-order valence-corrected chi connectivity index (χ4v) is 2.68. The molecule has 116 valence electrons. The Morgan fingerprint density at radius 1 is 1.17 bits per heavy atom. The van der Waals surface area contributed by atoms with Gasteiger partial charge < -0.3 is 4.98 Å². The number of rotatable bonds is 3. The maximum absolute atomic E-state index is 12.0. The van der Waals surface area contributed by atoms with Crippen molar-refractivity contribution in [3.05, 3.63) is 67.3 Å². The predicted octanol–water partition coefficient (Wildman–Crippen LogP) is 2.09. The molecule has 1 aromatic carbocycles. The van der Waals surface area contributed by atoms with Gasteiger partial charge in [-0.2, -0.15) is 0 Å². The molecule has 0 unspecified atom stereocenters. The van der Waals surface area contributed by atoms with Crippen LogP contribution >= 0.6 is 22.9 Å². The van der Waals surface area contributed by atoms with Gasteiger partial charge in [-0.1, -0.05) is 23.7 Å². The van der Waals surface area contributed by atoms with Crippen molar-refractivity contribution in [3.63, 3.8) is 0 Å². The topological polar surface area (TPSA) is 108 Å². The Bertz CT molecular complexity index is 946. The van der Waals surface area contributed by atoms with Gasteiger partial charge >= 0.3 is 5.69 Å². The molecule has 23 heavy (non-hydrogen) atoms. The van der Waals surface area contributed by atoms with E-state index in [4.69, 9.17) is 11.6 Å². The normalized spacial score (nSPS) is 10.5. The SMILES string of the molecule is O=C(Nc1nc(-c2ccc(Cl)cc2)cs1)c1cc(=O)[nH]c(=O)[nH]1. The zero-order chi connectivity index (χ0) is 16.4. The van der Waals surface area contributed by atoms with Crippen LogP contribution in [0.25, 0.3) is 11.3 Å². The third-order valence-corrected chi connectivity index (χ3v) is 3.88. The Kier molecular flexibility index (Phi) is 4.09. The van der Waals surface area contributed by atoms with E-state index in [2.05, 4.69) is 15.3 Å². The molecule has 0 radical (unpaired) electrons. The summed E-state index contributed by atoms with van der Waals surface area (Å²) in [6.45, 7) is 0. The number of thiazole rings is 1. The summed E-state index contributed by atoms with van der Waals surface area (Å²) < 4.78 is 0. The van der Waals surface area contributed by atoms with E-state index in [0.717, 1.165) is 11.6 Å². The highest BCUT2D eigenvalue weighted by molar-refractivity contribution is 7.14. The van der Waals surface area contributed by atoms with Crippen LogP contribution in [0.4, 0.5) is 5.13 Å². The van der Waals surface area contributed by atoms with Crippen molar-refractivity contribution in [1.29, 1.82) is 0 Å². The van der Waals surface area contributed by atoms with Gasteiger partial charge in [0.1, 0.15) is 5.69 Å². The summed E-state index contributed by atoms with van der Waals surface area (Å²) in [6.07, 6.45) is 0. The third kappa shape index (κ3) is 3.55. The van der Waals surface area contributed by atoms with E-state index in [9.17, 15) is 14.4 Å². The number of anilines is 1. The van der Waals surface area contributed by atoms with Crippen LogP contribution in [0.5, 0.6) is 0 Å². The van der Waals surface area contributed by atoms with Crippen molar-refractivity contribution in [2.75, 3.05) is 5.32 Å². The molecule has 0 spiro atoms. The summed E-state index contributed by atoms with van der Waals surface area (Å²) in [5.41, 5.74) is 0.00241. The van der Waals surface area contributed by atoms with Crippen LogP contribution in [-0.4, -0.2) is 20.9 Å². The lowest BCUT2D eigenvalue weighted by Gasteiger charge is -2.00. The molecule has 3 N–H and O–H groups in total. The number of nitrogens with zero attached hydrogens (tertiary/aromatic N) is 1. The molecule has 0 atom stereocenters. The van der Waals surface area contributed by atoms with E-state index >= 15 is 0 Å². The molecule has 3 aromatic rings. The minimum Gasteiger partial charge on any atom is -0.303 e. The van der Waals surface area contributed by atoms with Gasteiger partial charge in [-0.3, -0.25) is 19.9 Å². The first-order valence-electron chi connectivity index (χ1n) is 6.38. The molecule has 9 heteroatoms. The molecule has 0 saturated carbocycles. The molecule has 0 aliphatic rings. The first kappa shape index (κ1) is 15.2. The second-order valence-electron chi connectivity index (χ2n) is 4.50. The molecule has 2 aromatic heterocycles. The molecule has 0 aliphatic heterocycles. The summed E-state index contributed by atoms with van der Waals surface area (Å²) in [6, 6.07) is 8.13. The van der Waals surface area contributed by atoms with Crippen LogP contribution < -0.4 is 16.6 Å². The van der Waals surface area contributed by atoms with Gasteiger partial charge in [-0.05, 0) is 12.1 Å². The molecule has 7 nitrogen and oxygen atoms in total. The van der Waals surface area contributed by atoms with Crippen molar-refractivity contribution < 1.29 is 4.79 Å². The molecule has 0 saturated heterocycles. The molecule has 1 amide bonds. The number of hydrogen-bond acceptors (Lipinski definition) is 5. The predicted molar refractivity (Wildman–Crippen MR) is 88.2 cm³/mol. The average molecular weight is 349 g/mol. The lowest BCUT2D eigenvalue weighted by molar-refractivity contribution is 0.102. The van der Waals surface area contributed by atoms with Gasteiger partial charge in [0.05, 0.1) is 5.69 Å². The quantitative estimate of drug-likeness (QED) is 0.673. The number of carbonyl (C=O) groups is 1. The molecule has 2 heterocycles. The standard InChI is InChI=1S/C14H9ClN4O3S/c15-8-3-1-7(2-4-8)10-6-23-14(17-10)19-12(21)9-5-11(20)18-13(22)16-9/h1-6H,(H,17,19,21)(H2,16,18,20,22). The van der Waals surface area contributed by atoms with E-state index in [-0.39, 0.29) is 5.69 Å². The smallest absolute Gasteiger partial charge is 0.303 e. The molecule has 0 fully saturated rings. The fourth-order valence-electron chi connectivity index (χ4n) is 1.84. The molecule has 3 rings (SSSR count). The highest BCUT2D eigenvalue weighted by Gasteiger charge is 2.11. The average Bonchev–Trinajstić information content (AvgIpc) is 2.95. The molecule has 0 aliphatic carbocycles. The summed E-state index contributed by atoms with van der Waals surface area (Å²) in [7, 11) is 0. The van der Waals surface area contributed by atoms with Crippen LogP contribution in [0.1, 0.15) is 10.5 Å². The fraction of sp³-hybridized carbons (Fsp3) is 0. The maximum Gasteiger partial charge on any atom is 0.326 e. The van der Waals surface area contributed by atoms with E-state index in [0.29, 0.717) is 15.8 Å². The Labute approximate surface area is 138 Å². The summed E-state index contributed by atoms with van der Waals surface area (Å²) in [4.78, 5) is 42.9. The first-order valence-corrected chi connectivity index (χ1v) is 7.63. The monoisotopic (exact) mass is 348 g/mol. The van der Waals surface area contributed by atoms with Gasteiger partial charge in [0.15, 0.2) is 5.13 Å². The minimum absolute atomic E-state index is 0.137. The highest BCUT2D eigenvalue weighted by Crippen LogP contribution is 2.26. The Hall–Kier alpha value is -2.71. The number of nitrogens with one attached hydrogen (secondary N) is 3. The zero-order valence-electron chi connectivity index (χ0n) is 11.4. The number of amides is 1. The second-order valence-corrected chi connectivity index (χ2v) is 5.79. The summed E-state index contributed by atoms with van der Waals surface area (Å²) in [5.74, 6) is -0.620. The Morgan fingerprint density at radius 3 is 2.61 bits per heavy atom. The Balaban J connectivity index is 1.81. The summed E-state index contributed by atoms with van der Waals surface area (Å²) in [5, 5.41) is 5.28. The number of aromatic amines is 2. The van der Waals surface area contributed by atoms with Crippen LogP contribution in [0.2, 0.25) is 5.02 Å². The van der Waals surface area contributed by atoms with Gasteiger partial charge in [-0.15, -0.1) is 11.3 Å². The number of H-pyrrole nitrogens is 2. The van der Waals surface area contributed by atoms with Crippen LogP contribution in [0, 0.1) is 0 Å². The van der Waals surface area contributed by atoms with E-state index < -0.39 is 17.2 Å².